The second-order valence-electron chi connectivity index (χ2n) is 7.45. The second kappa shape index (κ2) is 10.7. The highest BCUT2D eigenvalue weighted by atomic mass is 35.5. The van der Waals surface area contributed by atoms with Gasteiger partial charge in [-0.15, -0.1) is 0 Å². The van der Waals surface area contributed by atoms with Crippen LogP contribution in [0.25, 0.3) is 6.08 Å². The van der Waals surface area contributed by atoms with Gasteiger partial charge in [-0.05, 0) is 67.4 Å². The summed E-state index contributed by atoms with van der Waals surface area (Å²) >= 11 is 6.44. The molecule has 0 heterocycles. The van der Waals surface area contributed by atoms with Gasteiger partial charge in [0, 0.05) is 5.69 Å². The van der Waals surface area contributed by atoms with Gasteiger partial charge < -0.3 is 14.8 Å². The molecular formula is C26H22ClFN2O3. The van der Waals surface area contributed by atoms with Crippen LogP contribution in [0.3, 0.4) is 0 Å². The minimum Gasteiger partial charge on any atom is -0.493 e. The van der Waals surface area contributed by atoms with E-state index in [4.69, 9.17) is 21.1 Å². The van der Waals surface area contributed by atoms with E-state index in [1.54, 1.807) is 12.1 Å². The summed E-state index contributed by atoms with van der Waals surface area (Å²) < 4.78 is 24.4. The van der Waals surface area contributed by atoms with Gasteiger partial charge in [-0.2, -0.15) is 5.26 Å². The van der Waals surface area contributed by atoms with Gasteiger partial charge in [0.25, 0.3) is 5.91 Å². The van der Waals surface area contributed by atoms with Crippen LogP contribution >= 0.6 is 11.6 Å². The summed E-state index contributed by atoms with van der Waals surface area (Å²) in [6.07, 6.45) is 1.39. The van der Waals surface area contributed by atoms with Crippen molar-refractivity contribution in [2.45, 2.75) is 20.5 Å². The van der Waals surface area contributed by atoms with Gasteiger partial charge in [-0.1, -0.05) is 40.9 Å². The van der Waals surface area contributed by atoms with Crippen LogP contribution in [0.15, 0.2) is 60.2 Å². The van der Waals surface area contributed by atoms with Gasteiger partial charge in [-0.25, -0.2) is 4.39 Å². The first kappa shape index (κ1) is 23.8. The zero-order valence-corrected chi connectivity index (χ0v) is 19.2. The zero-order chi connectivity index (χ0) is 24.0. The molecule has 0 radical (unpaired) electrons. The molecule has 7 heteroatoms. The maximum absolute atomic E-state index is 13.1. The molecule has 5 nitrogen and oxygen atoms in total. The Morgan fingerprint density at radius 1 is 1.12 bits per heavy atom. The fourth-order valence-corrected chi connectivity index (χ4v) is 3.59. The molecule has 3 rings (SSSR count). The van der Waals surface area contributed by atoms with Gasteiger partial charge in [0.2, 0.25) is 0 Å². The van der Waals surface area contributed by atoms with Crippen LogP contribution in [0.5, 0.6) is 11.5 Å². The quantitative estimate of drug-likeness (QED) is 0.332. The van der Waals surface area contributed by atoms with Crippen molar-refractivity contribution < 1.29 is 18.7 Å². The molecule has 3 aromatic carbocycles. The zero-order valence-electron chi connectivity index (χ0n) is 18.4. The predicted octanol–water partition coefficient (Wildman–Crippen LogP) is 6.23. The van der Waals surface area contributed by atoms with Crippen LogP contribution in [0.2, 0.25) is 5.02 Å². The SMILES string of the molecule is COc1cc(/C=C(\C#N)C(=O)Nc2ccc(F)cc2)cc(Cl)c1OCc1cc(C)cc(C)c1. The van der Waals surface area contributed by atoms with Gasteiger partial charge in [-0.3, -0.25) is 4.79 Å². The third-order valence-corrected chi connectivity index (χ3v) is 4.98. The lowest BCUT2D eigenvalue weighted by atomic mass is 10.1. The first-order chi connectivity index (χ1) is 15.8. The molecule has 0 aliphatic carbocycles. The summed E-state index contributed by atoms with van der Waals surface area (Å²) in [5.74, 6) is -0.320. The number of hydrogen-bond acceptors (Lipinski definition) is 4. The number of benzene rings is 3. The highest BCUT2D eigenvalue weighted by Crippen LogP contribution is 2.37. The molecule has 0 aliphatic heterocycles. The molecule has 0 unspecified atom stereocenters. The number of hydrogen-bond donors (Lipinski definition) is 1. The maximum Gasteiger partial charge on any atom is 0.266 e. The third-order valence-electron chi connectivity index (χ3n) is 4.69. The molecule has 0 saturated heterocycles. The average molecular weight is 465 g/mol. The molecule has 1 amide bonds. The van der Waals surface area contributed by atoms with Gasteiger partial charge in [0.1, 0.15) is 24.1 Å². The number of anilines is 1. The Morgan fingerprint density at radius 3 is 2.39 bits per heavy atom. The lowest BCUT2D eigenvalue weighted by molar-refractivity contribution is -0.112. The summed E-state index contributed by atoms with van der Waals surface area (Å²) in [6, 6.07) is 16.5. The van der Waals surface area contributed by atoms with E-state index in [1.165, 1.54) is 37.5 Å². The lowest BCUT2D eigenvalue weighted by Crippen LogP contribution is -2.13. The maximum atomic E-state index is 13.1. The number of ether oxygens (including phenoxy) is 2. The van der Waals surface area contributed by atoms with Crippen molar-refractivity contribution in [2.75, 3.05) is 12.4 Å². The number of halogens is 2. The number of carbonyl (C=O) groups is 1. The third kappa shape index (κ3) is 6.34. The Hall–Kier alpha value is -3.82. The summed E-state index contributed by atoms with van der Waals surface area (Å²) in [4.78, 5) is 12.5. The van der Waals surface area contributed by atoms with E-state index in [1.807, 2.05) is 32.0 Å². The van der Waals surface area contributed by atoms with Crippen molar-refractivity contribution in [1.29, 1.82) is 5.26 Å². The Kier molecular flexibility index (Phi) is 7.70. The number of aryl methyl sites for hydroxylation is 2. The monoisotopic (exact) mass is 464 g/mol. The fraction of sp³-hybridized carbons (Fsp3) is 0.154. The Labute approximate surface area is 197 Å². The molecule has 0 fully saturated rings. The van der Waals surface area contributed by atoms with Crippen LogP contribution in [-0.4, -0.2) is 13.0 Å². The van der Waals surface area contributed by atoms with Crippen molar-refractivity contribution in [3.05, 3.63) is 93.3 Å². The van der Waals surface area contributed by atoms with Crippen molar-refractivity contribution in [1.82, 2.24) is 0 Å². The Bertz CT molecular complexity index is 1230. The average Bonchev–Trinajstić information content (AvgIpc) is 2.77. The first-order valence-corrected chi connectivity index (χ1v) is 10.4. The number of carbonyl (C=O) groups excluding carboxylic acids is 1. The van der Waals surface area contributed by atoms with Crippen molar-refractivity contribution in [3.8, 4) is 17.6 Å². The van der Waals surface area contributed by atoms with Crippen molar-refractivity contribution >= 4 is 29.3 Å². The van der Waals surface area contributed by atoms with Crippen molar-refractivity contribution in [2.24, 2.45) is 0 Å². The number of amides is 1. The number of rotatable bonds is 7. The molecule has 0 aromatic heterocycles. The first-order valence-electron chi connectivity index (χ1n) is 10.0. The smallest absolute Gasteiger partial charge is 0.266 e. The standard InChI is InChI=1S/C26H22ClFN2O3/c1-16-8-17(2)10-19(9-16)15-33-25-23(27)12-18(13-24(25)32-3)11-20(14-29)26(31)30-22-6-4-21(28)5-7-22/h4-13H,15H2,1-3H3,(H,30,31)/b20-11+. The van der Waals surface area contributed by atoms with Crippen LogP contribution < -0.4 is 14.8 Å². The molecule has 33 heavy (non-hydrogen) atoms. The topological polar surface area (TPSA) is 71.3 Å². The molecule has 1 N–H and O–H groups in total. The van der Waals surface area contributed by atoms with E-state index >= 15 is 0 Å². The van der Waals surface area contributed by atoms with Gasteiger partial charge >= 0.3 is 0 Å². The molecule has 3 aromatic rings. The number of nitrogens with zero attached hydrogens (tertiary/aromatic N) is 1. The molecule has 0 saturated carbocycles. The van der Waals surface area contributed by atoms with E-state index in [-0.39, 0.29) is 10.6 Å². The minimum atomic E-state index is -0.630. The summed E-state index contributed by atoms with van der Waals surface area (Å²) in [7, 11) is 1.48. The van der Waals surface area contributed by atoms with Crippen LogP contribution in [-0.2, 0) is 11.4 Å². The van der Waals surface area contributed by atoms with E-state index in [0.29, 0.717) is 29.4 Å². The van der Waals surface area contributed by atoms with E-state index in [9.17, 15) is 14.4 Å². The fourth-order valence-electron chi connectivity index (χ4n) is 3.32. The predicted molar refractivity (Wildman–Crippen MR) is 127 cm³/mol. The summed E-state index contributed by atoms with van der Waals surface area (Å²) in [5, 5.41) is 12.3. The molecule has 168 valence electrons. The van der Waals surface area contributed by atoms with Crippen molar-refractivity contribution in [3.63, 3.8) is 0 Å². The second-order valence-corrected chi connectivity index (χ2v) is 7.86. The number of nitrogens with one attached hydrogen (secondary N) is 1. The highest BCUT2D eigenvalue weighted by molar-refractivity contribution is 6.32. The largest absolute Gasteiger partial charge is 0.493 e. The Balaban J connectivity index is 1.82. The van der Waals surface area contributed by atoms with Gasteiger partial charge in [0.05, 0.1) is 12.1 Å². The molecule has 0 spiro atoms. The van der Waals surface area contributed by atoms with Gasteiger partial charge in [0.15, 0.2) is 11.5 Å². The molecule has 0 aliphatic rings. The Morgan fingerprint density at radius 2 is 1.79 bits per heavy atom. The van der Waals surface area contributed by atoms with Crippen LogP contribution in [0, 0.1) is 31.0 Å². The van der Waals surface area contributed by atoms with Crippen LogP contribution in [0.1, 0.15) is 22.3 Å². The number of methoxy groups -OCH3 is 1. The molecular weight excluding hydrogens is 443 g/mol. The molecule has 0 atom stereocenters. The normalized spacial score (nSPS) is 11.0. The summed E-state index contributed by atoms with van der Waals surface area (Å²) in [6.45, 7) is 4.34. The molecule has 0 bridgehead atoms. The summed E-state index contributed by atoms with van der Waals surface area (Å²) in [5.41, 5.74) is 3.97. The lowest BCUT2D eigenvalue weighted by Gasteiger charge is -2.14. The van der Waals surface area contributed by atoms with Crippen LogP contribution in [0.4, 0.5) is 10.1 Å². The van der Waals surface area contributed by atoms with E-state index < -0.39 is 11.7 Å². The van der Waals surface area contributed by atoms with E-state index in [2.05, 4.69) is 11.4 Å². The minimum absolute atomic E-state index is 0.152. The number of nitriles is 1. The van der Waals surface area contributed by atoms with E-state index in [0.717, 1.165) is 16.7 Å². The highest BCUT2D eigenvalue weighted by Gasteiger charge is 2.15.